The molecule has 1 unspecified atom stereocenters. The van der Waals surface area contributed by atoms with Crippen molar-refractivity contribution in [2.24, 2.45) is 0 Å². The summed E-state index contributed by atoms with van der Waals surface area (Å²) in [6.45, 7) is 0.433. The summed E-state index contributed by atoms with van der Waals surface area (Å²) in [5.41, 5.74) is 1.72. The van der Waals surface area contributed by atoms with Gasteiger partial charge >= 0.3 is 0 Å². The standard InChI is InChI=1S/C14H11BrN2O4/c15-11-5-8(17(19)20)1-4-12(11)16-13-7-21-14-6-9(18)2-3-10(13)14/h1-6,13,16,18H,7H2. The molecule has 7 heteroatoms. The number of nitrogens with zero attached hydrogens (tertiary/aromatic N) is 1. The number of ether oxygens (including phenoxy) is 1. The van der Waals surface area contributed by atoms with E-state index in [1.807, 2.05) is 0 Å². The van der Waals surface area contributed by atoms with E-state index in [0.717, 1.165) is 11.3 Å². The van der Waals surface area contributed by atoms with E-state index in [1.54, 1.807) is 24.3 Å². The Labute approximate surface area is 128 Å². The van der Waals surface area contributed by atoms with Gasteiger partial charge in [-0.2, -0.15) is 0 Å². The molecule has 0 bridgehead atoms. The lowest BCUT2D eigenvalue weighted by atomic mass is 10.1. The minimum Gasteiger partial charge on any atom is -0.508 e. The van der Waals surface area contributed by atoms with Gasteiger partial charge in [0.15, 0.2) is 0 Å². The molecule has 1 aliphatic heterocycles. The van der Waals surface area contributed by atoms with Crippen LogP contribution in [-0.2, 0) is 0 Å². The third-order valence-electron chi connectivity index (χ3n) is 3.27. The number of non-ortho nitro benzene ring substituents is 1. The summed E-state index contributed by atoms with van der Waals surface area (Å²) >= 11 is 3.33. The fraction of sp³-hybridized carbons (Fsp3) is 0.143. The van der Waals surface area contributed by atoms with Crippen LogP contribution in [0.25, 0.3) is 0 Å². The van der Waals surface area contributed by atoms with Crippen LogP contribution in [0.5, 0.6) is 11.5 Å². The van der Waals surface area contributed by atoms with E-state index < -0.39 is 4.92 Å². The minimum atomic E-state index is -0.439. The van der Waals surface area contributed by atoms with Gasteiger partial charge in [0.1, 0.15) is 18.1 Å². The molecule has 2 N–H and O–H groups in total. The summed E-state index contributed by atoms with van der Waals surface area (Å²) in [6, 6.07) is 9.46. The van der Waals surface area contributed by atoms with Crippen molar-refractivity contribution >= 4 is 27.3 Å². The van der Waals surface area contributed by atoms with Crippen LogP contribution < -0.4 is 10.1 Å². The third kappa shape index (κ3) is 2.64. The number of fused-ring (bicyclic) bond motifs is 1. The largest absolute Gasteiger partial charge is 0.508 e. The smallest absolute Gasteiger partial charge is 0.270 e. The molecule has 1 heterocycles. The summed E-state index contributed by atoms with van der Waals surface area (Å²) in [4.78, 5) is 10.3. The maximum Gasteiger partial charge on any atom is 0.270 e. The first-order chi connectivity index (χ1) is 10.0. The van der Waals surface area contributed by atoms with Crippen molar-refractivity contribution in [1.82, 2.24) is 0 Å². The van der Waals surface area contributed by atoms with Crippen molar-refractivity contribution in [3.05, 3.63) is 56.5 Å². The molecule has 108 valence electrons. The average molecular weight is 351 g/mol. The normalized spacial score (nSPS) is 16.1. The molecule has 0 saturated carbocycles. The summed E-state index contributed by atoms with van der Waals surface area (Å²) in [6.07, 6.45) is 0. The van der Waals surface area contributed by atoms with E-state index in [1.165, 1.54) is 12.1 Å². The van der Waals surface area contributed by atoms with Crippen LogP contribution in [0.1, 0.15) is 11.6 Å². The van der Waals surface area contributed by atoms with Crippen molar-refractivity contribution in [2.45, 2.75) is 6.04 Å². The molecular formula is C14H11BrN2O4. The molecule has 0 spiro atoms. The van der Waals surface area contributed by atoms with Crippen LogP contribution >= 0.6 is 15.9 Å². The zero-order valence-corrected chi connectivity index (χ0v) is 12.3. The second-order valence-electron chi connectivity index (χ2n) is 4.65. The number of phenolic OH excluding ortho intramolecular Hbond substituents is 1. The van der Waals surface area contributed by atoms with Gasteiger partial charge in [-0.15, -0.1) is 0 Å². The highest BCUT2D eigenvalue weighted by molar-refractivity contribution is 9.10. The third-order valence-corrected chi connectivity index (χ3v) is 3.93. The van der Waals surface area contributed by atoms with Gasteiger partial charge in [-0.05, 0) is 34.1 Å². The predicted octanol–water partition coefficient (Wildman–Crippen LogP) is 3.61. The maximum atomic E-state index is 10.7. The Morgan fingerprint density at radius 3 is 2.86 bits per heavy atom. The Balaban J connectivity index is 1.84. The average Bonchev–Trinajstić information content (AvgIpc) is 2.83. The first-order valence-electron chi connectivity index (χ1n) is 6.21. The van der Waals surface area contributed by atoms with E-state index in [-0.39, 0.29) is 17.5 Å². The Bertz CT molecular complexity index is 720. The van der Waals surface area contributed by atoms with Gasteiger partial charge in [0.05, 0.1) is 11.0 Å². The quantitative estimate of drug-likeness (QED) is 0.652. The molecular weight excluding hydrogens is 340 g/mol. The van der Waals surface area contributed by atoms with Gasteiger partial charge in [-0.1, -0.05) is 0 Å². The summed E-state index contributed by atoms with van der Waals surface area (Å²) in [5, 5.41) is 23.4. The molecule has 0 fully saturated rings. The number of phenols is 1. The number of hydrogen-bond acceptors (Lipinski definition) is 5. The number of hydrogen-bond donors (Lipinski definition) is 2. The van der Waals surface area contributed by atoms with E-state index in [4.69, 9.17) is 4.74 Å². The van der Waals surface area contributed by atoms with Crippen LogP contribution in [0.3, 0.4) is 0 Å². The molecule has 2 aromatic carbocycles. The summed E-state index contributed by atoms with van der Waals surface area (Å²) in [7, 11) is 0. The second kappa shape index (κ2) is 5.25. The zero-order valence-electron chi connectivity index (χ0n) is 10.7. The lowest BCUT2D eigenvalue weighted by molar-refractivity contribution is -0.384. The van der Waals surface area contributed by atoms with Crippen LogP contribution in [0.4, 0.5) is 11.4 Å². The van der Waals surface area contributed by atoms with Crippen molar-refractivity contribution in [1.29, 1.82) is 0 Å². The maximum absolute atomic E-state index is 10.7. The van der Waals surface area contributed by atoms with Gasteiger partial charge in [-0.3, -0.25) is 10.1 Å². The Morgan fingerprint density at radius 1 is 1.33 bits per heavy atom. The Morgan fingerprint density at radius 2 is 2.14 bits per heavy atom. The van der Waals surface area contributed by atoms with Crippen molar-refractivity contribution in [3.8, 4) is 11.5 Å². The highest BCUT2D eigenvalue weighted by Gasteiger charge is 2.25. The molecule has 1 atom stereocenters. The lowest BCUT2D eigenvalue weighted by Gasteiger charge is -2.14. The van der Waals surface area contributed by atoms with Crippen LogP contribution in [0.15, 0.2) is 40.9 Å². The topological polar surface area (TPSA) is 84.6 Å². The number of aromatic hydroxyl groups is 1. The highest BCUT2D eigenvalue weighted by Crippen LogP contribution is 2.38. The van der Waals surface area contributed by atoms with Crippen molar-refractivity contribution < 1.29 is 14.8 Å². The first kappa shape index (κ1) is 13.7. The number of nitro benzene ring substituents is 1. The Hall–Kier alpha value is -2.28. The SMILES string of the molecule is O=[N+]([O-])c1ccc(NC2COc3cc(O)ccc32)c(Br)c1. The van der Waals surface area contributed by atoms with E-state index in [2.05, 4.69) is 21.2 Å². The predicted molar refractivity (Wildman–Crippen MR) is 80.8 cm³/mol. The van der Waals surface area contributed by atoms with Gasteiger partial charge in [0.2, 0.25) is 0 Å². The molecule has 0 aromatic heterocycles. The van der Waals surface area contributed by atoms with E-state index >= 15 is 0 Å². The summed E-state index contributed by atoms with van der Waals surface area (Å²) < 4.78 is 6.13. The van der Waals surface area contributed by atoms with E-state index in [0.29, 0.717) is 16.8 Å². The van der Waals surface area contributed by atoms with Crippen LogP contribution in [0, 0.1) is 10.1 Å². The molecule has 2 aromatic rings. The number of anilines is 1. The van der Waals surface area contributed by atoms with Crippen LogP contribution in [0.2, 0.25) is 0 Å². The lowest BCUT2D eigenvalue weighted by Crippen LogP contribution is -2.12. The van der Waals surface area contributed by atoms with Gasteiger partial charge in [0.25, 0.3) is 5.69 Å². The molecule has 3 rings (SSSR count). The Kier molecular flexibility index (Phi) is 3.42. The molecule has 0 amide bonds. The fourth-order valence-electron chi connectivity index (χ4n) is 2.24. The van der Waals surface area contributed by atoms with Crippen LogP contribution in [-0.4, -0.2) is 16.6 Å². The number of rotatable bonds is 3. The molecule has 6 nitrogen and oxygen atoms in total. The van der Waals surface area contributed by atoms with Gasteiger partial charge in [0, 0.05) is 33.9 Å². The molecule has 21 heavy (non-hydrogen) atoms. The number of nitrogens with one attached hydrogen (secondary N) is 1. The monoisotopic (exact) mass is 350 g/mol. The molecule has 0 aliphatic carbocycles. The minimum absolute atomic E-state index is 0.0282. The highest BCUT2D eigenvalue weighted by atomic mass is 79.9. The zero-order chi connectivity index (χ0) is 15.0. The summed E-state index contributed by atoms with van der Waals surface area (Å²) in [5.74, 6) is 0.802. The number of benzene rings is 2. The molecule has 1 aliphatic rings. The number of nitro groups is 1. The molecule has 0 saturated heterocycles. The second-order valence-corrected chi connectivity index (χ2v) is 5.51. The van der Waals surface area contributed by atoms with Crippen molar-refractivity contribution in [3.63, 3.8) is 0 Å². The first-order valence-corrected chi connectivity index (χ1v) is 7.00. The number of halogens is 1. The van der Waals surface area contributed by atoms with Gasteiger partial charge < -0.3 is 15.2 Å². The van der Waals surface area contributed by atoms with Gasteiger partial charge in [-0.25, -0.2) is 0 Å². The fourth-order valence-corrected chi connectivity index (χ4v) is 2.72. The van der Waals surface area contributed by atoms with E-state index in [9.17, 15) is 15.2 Å². The molecule has 0 radical (unpaired) electrons. The van der Waals surface area contributed by atoms with Crippen molar-refractivity contribution in [2.75, 3.05) is 11.9 Å².